The van der Waals surface area contributed by atoms with Gasteiger partial charge in [0.15, 0.2) is 5.82 Å². The van der Waals surface area contributed by atoms with E-state index in [2.05, 4.69) is 26.6 Å². The van der Waals surface area contributed by atoms with Crippen molar-refractivity contribution in [3.05, 3.63) is 82.6 Å². The van der Waals surface area contributed by atoms with Crippen LogP contribution in [0.1, 0.15) is 48.0 Å². The highest BCUT2D eigenvalue weighted by Gasteiger charge is 2.21. The lowest BCUT2D eigenvalue weighted by Gasteiger charge is -2.21. The smallest absolute Gasteiger partial charge is 0.167 e. The van der Waals surface area contributed by atoms with Gasteiger partial charge in [-0.15, -0.1) is 5.10 Å². The molecule has 0 fully saturated rings. The molecule has 0 amide bonds. The lowest BCUT2D eigenvalue weighted by molar-refractivity contribution is 0.624. The second-order valence-electron chi connectivity index (χ2n) is 6.05. The van der Waals surface area contributed by atoms with Gasteiger partial charge < -0.3 is 5.32 Å². The van der Waals surface area contributed by atoms with Crippen LogP contribution >= 0.6 is 0 Å². The maximum absolute atomic E-state index is 13.8. The Morgan fingerprint density at radius 1 is 1.11 bits per heavy atom. The molecule has 0 aliphatic heterocycles. The minimum absolute atomic E-state index is 0.336. The van der Waals surface area contributed by atoms with Crippen LogP contribution in [0.2, 0.25) is 0 Å². The van der Waals surface area contributed by atoms with E-state index in [-0.39, 0.29) is 5.82 Å². The van der Waals surface area contributed by atoms with Crippen molar-refractivity contribution in [2.45, 2.75) is 32.7 Å². The summed E-state index contributed by atoms with van der Waals surface area (Å²) in [6, 6.07) is 13.6. The van der Waals surface area contributed by atoms with E-state index in [1.54, 1.807) is 12.3 Å². The number of aryl methyl sites for hydroxylation is 1. The molecule has 0 saturated heterocycles. The first-order valence-electron chi connectivity index (χ1n) is 8.89. The summed E-state index contributed by atoms with van der Waals surface area (Å²) < 4.78 is 13.8. The van der Waals surface area contributed by atoms with Crippen LogP contribution in [-0.4, -0.2) is 15.2 Å². The van der Waals surface area contributed by atoms with Crippen molar-refractivity contribution < 1.29 is 4.39 Å². The van der Waals surface area contributed by atoms with Crippen LogP contribution in [-0.2, 0) is 12.8 Å². The fourth-order valence-corrected chi connectivity index (χ4v) is 3.09. The highest BCUT2D eigenvalue weighted by molar-refractivity contribution is 5.58. The summed E-state index contributed by atoms with van der Waals surface area (Å²) in [5.74, 6) is 0.0452. The Kier molecular flexibility index (Phi) is 5.72. The molecule has 1 N–H and O–H groups in total. The number of rotatable bonds is 6. The molecule has 3 rings (SSSR count). The van der Waals surface area contributed by atoms with Crippen LogP contribution in [0.4, 0.5) is 10.2 Å². The van der Waals surface area contributed by atoms with Crippen molar-refractivity contribution in [1.82, 2.24) is 15.2 Å². The Hall–Kier alpha value is -3.33. The van der Waals surface area contributed by atoms with E-state index < -0.39 is 6.04 Å². The molecule has 136 valence electrons. The van der Waals surface area contributed by atoms with E-state index in [1.165, 1.54) is 12.1 Å². The molecular weight excluding hydrogens is 341 g/mol. The number of benzene rings is 1. The van der Waals surface area contributed by atoms with Gasteiger partial charge in [-0.1, -0.05) is 32.0 Å². The number of hydrogen-bond acceptors (Lipinski definition) is 5. The fraction of sp³-hybridized carbons (Fsp3) is 0.238. The topological polar surface area (TPSA) is 74.5 Å². The van der Waals surface area contributed by atoms with Gasteiger partial charge >= 0.3 is 0 Å². The minimum atomic E-state index is -0.458. The Labute approximate surface area is 157 Å². The Balaban J connectivity index is 2.09. The SMILES string of the molecule is CCc1nnc(NC(c2cccc(F)c2)c2ccccn2)c(C#N)c1CC. The van der Waals surface area contributed by atoms with Gasteiger partial charge in [0, 0.05) is 6.20 Å². The van der Waals surface area contributed by atoms with E-state index in [1.807, 2.05) is 38.1 Å². The molecule has 3 aromatic rings. The number of pyridine rings is 1. The average Bonchev–Trinajstić information content (AvgIpc) is 2.71. The maximum Gasteiger partial charge on any atom is 0.167 e. The number of aromatic nitrogens is 3. The van der Waals surface area contributed by atoms with Crippen LogP contribution in [0, 0.1) is 17.1 Å². The monoisotopic (exact) mass is 361 g/mol. The fourth-order valence-electron chi connectivity index (χ4n) is 3.09. The molecule has 0 saturated carbocycles. The van der Waals surface area contributed by atoms with Crippen molar-refractivity contribution in [3.8, 4) is 6.07 Å². The maximum atomic E-state index is 13.8. The van der Waals surface area contributed by atoms with Crippen LogP contribution < -0.4 is 5.32 Å². The number of anilines is 1. The van der Waals surface area contributed by atoms with Gasteiger partial charge in [-0.25, -0.2) is 4.39 Å². The summed E-state index contributed by atoms with van der Waals surface area (Å²) in [7, 11) is 0. The van der Waals surface area contributed by atoms with Crippen molar-refractivity contribution in [1.29, 1.82) is 5.26 Å². The first-order chi connectivity index (χ1) is 13.2. The molecule has 0 aliphatic rings. The van der Waals surface area contributed by atoms with E-state index >= 15 is 0 Å². The van der Waals surface area contributed by atoms with E-state index in [4.69, 9.17) is 0 Å². The number of nitrogens with zero attached hydrogens (tertiary/aromatic N) is 4. The highest BCUT2D eigenvalue weighted by atomic mass is 19.1. The first-order valence-corrected chi connectivity index (χ1v) is 8.89. The zero-order chi connectivity index (χ0) is 19.2. The zero-order valence-corrected chi connectivity index (χ0v) is 15.3. The van der Waals surface area contributed by atoms with E-state index in [9.17, 15) is 9.65 Å². The van der Waals surface area contributed by atoms with Gasteiger partial charge in [0.1, 0.15) is 17.4 Å². The number of halogens is 1. The van der Waals surface area contributed by atoms with Gasteiger partial charge in [-0.2, -0.15) is 10.4 Å². The van der Waals surface area contributed by atoms with Gasteiger partial charge in [0.2, 0.25) is 0 Å². The highest BCUT2D eigenvalue weighted by Crippen LogP contribution is 2.28. The normalized spacial score (nSPS) is 11.6. The van der Waals surface area contributed by atoms with Crippen LogP contribution in [0.3, 0.4) is 0 Å². The van der Waals surface area contributed by atoms with Crippen LogP contribution in [0.15, 0.2) is 48.7 Å². The second kappa shape index (κ2) is 8.37. The third kappa shape index (κ3) is 3.93. The molecule has 2 aromatic heterocycles. The molecule has 0 spiro atoms. The summed E-state index contributed by atoms with van der Waals surface area (Å²) in [5.41, 5.74) is 3.57. The summed E-state index contributed by atoms with van der Waals surface area (Å²) in [5, 5.41) is 21.5. The van der Waals surface area contributed by atoms with Gasteiger partial charge in [0.25, 0.3) is 0 Å². The summed E-state index contributed by atoms with van der Waals surface area (Å²) >= 11 is 0. The summed E-state index contributed by atoms with van der Waals surface area (Å²) in [6.45, 7) is 3.98. The molecule has 0 radical (unpaired) electrons. The largest absolute Gasteiger partial charge is 0.355 e. The van der Waals surface area contributed by atoms with Crippen molar-refractivity contribution in [2.24, 2.45) is 0 Å². The van der Waals surface area contributed by atoms with Crippen LogP contribution in [0.25, 0.3) is 0 Å². The Morgan fingerprint density at radius 3 is 2.59 bits per heavy atom. The Bertz CT molecular complexity index is 966. The zero-order valence-electron chi connectivity index (χ0n) is 15.3. The number of nitrogens with one attached hydrogen (secondary N) is 1. The second-order valence-corrected chi connectivity index (χ2v) is 6.05. The van der Waals surface area contributed by atoms with Crippen LogP contribution in [0.5, 0.6) is 0 Å². The third-order valence-corrected chi connectivity index (χ3v) is 4.40. The minimum Gasteiger partial charge on any atom is -0.355 e. The van der Waals surface area contributed by atoms with Crippen molar-refractivity contribution in [2.75, 3.05) is 5.32 Å². The third-order valence-electron chi connectivity index (χ3n) is 4.40. The number of nitriles is 1. The summed E-state index contributed by atoms with van der Waals surface area (Å²) in [6.07, 6.45) is 3.07. The molecule has 5 nitrogen and oxygen atoms in total. The molecule has 1 unspecified atom stereocenters. The lowest BCUT2D eigenvalue weighted by atomic mass is 10.0. The van der Waals surface area contributed by atoms with E-state index in [0.717, 1.165) is 11.3 Å². The standard InChI is InChI=1S/C21H20FN5/c1-3-16-17(13-23)21(27-26-18(16)4-2)25-20(19-10-5-6-11-24-19)14-8-7-9-15(22)12-14/h5-12,20H,3-4H2,1-2H3,(H,25,27). The molecule has 1 aromatic carbocycles. The number of hydrogen-bond donors (Lipinski definition) is 1. The molecule has 0 aliphatic carbocycles. The molecule has 1 atom stereocenters. The Morgan fingerprint density at radius 2 is 1.96 bits per heavy atom. The molecule has 0 bridgehead atoms. The average molecular weight is 361 g/mol. The predicted molar refractivity (Wildman–Crippen MR) is 102 cm³/mol. The quantitative estimate of drug-likeness (QED) is 0.712. The molecule has 2 heterocycles. The summed E-state index contributed by atoms with van der Waals surface area (Å²) in [4.78, 5) is 4.40. The van der Waals surface area contributed by atoms with Gasteiger partial charge in [0.05, 0.1) is 17.4 Å². The van der Waals surface area contributed by atoms with Gasteiger partial charge in [-0.3, -0.25) is 4.98 Å². The predicted octanol–water partition coefficient (Wildman–Crippen LogP) is 4.21. The molecule has 27 heavy (non-hydrogen) atoms. The van der Waals surface area contributed by atoms with Crippen molar-refractivity contribution >= 4 is 5.82 Å². The molecular formula is C21H20FN5. The molecule has 6 heteroatoms. The lowest BCUT2D eigenvalue weighted by Crippen LogP contribution is -2.17. The van der Waals surface area contributed by atoms with Crippen molar-refractivity contribution in [3.63, 3.8) is 0 Å². The first kappa shape index (κ1) is 18.5. The van der Waals surface area contributed by atoms with E-state index in [0.29, 0.717) is 35.5 Å². The van der Waals surface area contributed by atoms with Gasteiger partial charge in [-0.05, 0) is 48.2 Å².